The van der Waals surface area contributed by atoms with Gasteiger partial charge >= 0.3 is 6.09 Å². The number of ether oxygens (including phenoxy) is 1. The predicted octanol–water partition coefficient (Wildman–Crippen LogP) is 3.90. The zero-order valence-corrected chi connectivity index (χ0v) is 16.1. The number of alkyl halides is 1. The fraction of sp³-hybridized carbons (Fsp3) is 0.524. The molecular weight excluding hydrogens is 347 g/mol. The molecule has 2 amide bonds. The van der Waals surface area contributed by atoms with Gasteiger partial charge in [-0.3, -0.25) is 4.79 Å². The fourth-order valence-electron chi connectivity index (χ4n) is 3.71. The quantitative estimate of drug-likeness (QED) is 0.870. The molecule has 146 valence electrons. The molecule has 27 heavy (non-hydrogen) atoms. The van der Waals surface area contributed by atoms with Crippen molar-refractivity contribution in [2.24, 2.45) is 5.92 Å². The van der Waals surface area contributed by atoms with E-state index in [9.17, 15) is 14.0 Å². The zero-order valence-electron chi connectivity index (χ0n) is 16.1. The molecule has 1 N–H and O–H groups in total. The Morgan fingerprint density at radius 3 is 2.52 bits per heavy atom. The molecule has 5 nitrogen and oxygen atoms in total. The highest BCUT2D eigenvalue weighted by molar-refractivity contribution is 5.85. The molecule has 2 fully saturated rings. The first-order chi connectivity index (χ1) is 12.7. The Morgan fingerprint density at radius 2 is 1.96 bits per heavy atom. The van der Waals surface area contributed by atoms with Crippen LogP contribution in [0, 0.1) is 5.92 Å². The van der Waals surface area contributed by atoms with Crippen molar-refractivity contribution in [1.82, 2.24) is 10.2 Å². The van der Waals surface area contributed by atoms with Crippen LogP contribution in [0.15, 0.2) is 36.5 Å². The van der Waals surface area contributed by atoms with Gasteiger partial charge in [-0.1, -0.05) is 30.3 Å². The van der Waals surface area contributed by atoms with Crippen LogP contribution in [0.2, 0.25) is 0 Å². The smallest absolute Gasteiger partial charge is 0.408 e. The average Bonchev–Trinajstić information content (AvgIpc) is 2.84. The van der Waals surface area contributed by atoms with Crippen LogP contribution in [0.5, 0.6) is 0 Å². The minimum Gasteiger partial charge on any atom is -0.444 e. The summed E-state index contributed by atoms with van der Waals surface area (Å²) in [5.74, 6) is -1.13. The summed E-state index contributed by atoms with van der Waals surface area (Å²) in [6, 6.07) is 9.55. The number of hydrogen-bond donors (Lipinski definition) is 1. The van der Waals surface area contributed by atoms with Crippen molar-refractivity contribution < 1.29 is 18.7 Å². The van der Waals surface area contributed by atoms with E-state index in [1.54, 1.807) is 33.0 Å². The van der Waals surface area contributed by atoms with Crippen LogP contribution in [0.25, 0.3) is 6.08 Å². The highest BCUT2D eigenvalue weighted by Gasteiger charge is 2.55. The first-order valence-electron chi connectivity index (χ1n) is 9.39. The third kappa shape index (κ3) is 4.31. The molecule has 1 heterocycles. The Hall–Kier alpha value is -2.37. The van der Waals surface area contributed by atoms with Gasteiger partial charge in [0.15, 0.2) is 6.17 Å². The van der Waals surface area contributed by atoms with Crippen LogP contribution < -0.4 is 5.32 Å². The number of hydrogen-bond acceptors (Lipinski definition) is 3. The molecule has 0 bridgehead atoms. The van der Waals surface area contributed by atoms with Crippen molar-refractivity contribution in [2.75, 3.05) is 6.54 Å². The van der Waals surface area contributed by atoms with Gasteiger partial charge in [-0.2, -0.15) is 0 Å². The minimum atomic E-state index is -1.62. The van der Waals surface area contributed by atoms with Gasteiger partial charge in [0.25, 0.3) is 5.91 Å². The number of benzene rings is 1. The van der Waals surface area contributed by atoms with Gasteiger partial charge in [-0.05, 0) is 51.7 Å². The molecule has 3 rings (SSSR count). The molecule has 0 aromatic heterocycles. The number of rotatable bonds is 4. The van der Waals surface area contributed by atoms with Crippen LogP contribution in [0.3, 0.4) is 0 Å². The molecule has 2 atom stereocenters. The van der Waals surface area contributed by atoms with Gasteiger partial charge in [0.2, 0.25) is 0 Å². The van der Waals surface area contributed by atoms with Crippen molar-refractivity contribution >= 4 is 18.1 Å². The van der Waals surface area contributed by atoms with Crippen LogP contribution in [-0.2, 0) is 9.53 Å². The molecule has 0 radical (unpaired) electrons. The normalized spacial score (nSPS) is 24.7. The summed E-state index contributed by atoms with van der Waals surface area (Å²) in [5.41, 5.74) is -0.401. The van der Waals surface area contributed by atoms with Crippen LogP contribution in [-0.4, -0.2) is 40.8 Å². The Labute approximate surface area is 159 Å². The highest BCUT2D eigenvalue weighted by atomic mass is 19.1. The third-order valence-corrected chi connectivity index (χ3v) is 5.22. The zero-order chi connectivity index (χ0) is 19.7. The largest absolute Gasteiger partial charge is 0.444 e. The van der Waals surface area contributed by atoms with E-state index in [2.05, 4.69) is 5.32 Å². The maximum absolute atomic E-state index is 14.8. The van der Waals surface area contributed by atoms with Gasteiger partial charge in [0.1, 0.15) is 5.60 Å². The average molecular weight is 374 g/mol. The first-order valence-corrected chi connectivity index (χ1v) is 9.39. The number of halogens is 1. The van der Waals surface area contributed by atoms with E-state index in [-0.39, 0.29) is 6.54 Å². The van der Waals surface area contributed by atoms with Crippen molar-refractivity contribution in [3.05, 3.63) is 42.1 Å². The molecule has 0 spiro atoms. The molecule has 6 heteroatoms. The summed E-state index contributed by atoms with van der Waals surface area (Å²) in [6.45, 7) is 5.60. The number of nitrogens with one attached hydrogen (secondary N) is 1. The van der Waals surface area contributed by atoms with Crippen molar-refractivity contribution in [2.45, 2.75) is 57.3 Å². The Balaban J connectivity index is 1.71. The lowest BCUT2D eigenvalue weighted by Crippen LogP contribution is -2.61. The number of likely N-dealkylation sites (tertiary alicyclic amines) is 1. The second kappa shape index (κ2) is 7.33. The molecular formula is C21H27FN2O3. The second-order valence-corrected chi connectivity index (χ2v) is 8.36. The Kier molecular flexibility index (Phi) is 5.27. The molecule has 2 aliphatic rings. The number of carbonyl (C=O) groups excluding carboxylic acids is 2. The van der Waals surface area contributed by atoms with E-state index >= 15 is 0 Å². The summed E-state index contributed by atoms with van der Waals surface area (Å²) in [6.07, 6.45) is 3.45. The van der Waals surface area contributed by atoms with Gasteiger partial charge in [0.05, 0.1) is 5.54 Å². The van der Waals surface area contributed by atoms with Crippen LogP contribution >= 0.6 is 0 Å². The van der Waals surface area contributed by atoms with E-state index in [0.717, 1.165) is 12.0 Å². The van der Waals surface area contributed by atoms with E-state index in [4.69, 9.17) is 4.74 Å². The van der Waals surface area contributed by atoms with Crippen molar-refractivity contribution in [3.63, 3.8) is 0 Å². The molecule has 1 aliphatic heterocycles. The maximum atomic E-state index is 14.8. The highest BCUT2D eigenvalue weighted by Crippen LogP contribution is 2.44. The van der Waals surface area contributed by atoms with E-state index < -0.39 is 35.2 Å². The van der Waals surface area contributed by atoms with E-state index in [0.29, 0.717) is 12.8 Å². The van der Waals surface area contributed by atoms with Crippen molar-refractivity contribution in [3.8, 4) is 0 Å². The van der Waals surface area contributed by atoms with Crippen LogP contribution in [0.4, 0.5) is 9.18 Å². The lowest BCUT2D eigenvalue weighted by molar-refractivity contribution is -0.130. The monoisotopic (exact) mass is 374 g/mol. The molecule has 1 aliphatic carbocycles. The topological polar surface area (TPSA) is 58.6 Å². The van der Waals surface area contributed by atoms with E-state index in [1.807, 2.05) is 30.3 Å². The molecule has 1 aromatic rings. The van der Waals surface area contributed by atoms with E-state index in [1.165, 1.54) is 4.90 Å². The number of carbonyl (C=O) groups is 2. The lowest BCUT2D eigenvalue weighted by Gasteiger charge is -2.47. The molecule has 1 saturated carbocycles. The minimum absolute atomic E-state index is 0.249. The first kappa shape index (κ1) is 19.4. The second-order valence-electron chi connectivity index (χ2n) is 8.36. The van der Waals surface area contributed by atoms with Crippen LogP contribution in [0.1, 0.15) is 45.6 Å². The number of nitrogens with zero attached hydrogens (tertiary/aromatic N) is 1. The molecule has 2 unspecified atom stereocenters. The predicted molar refractivity (Wildman–Crippen MR) is 102 cm³/mol. The van der Waals surface area contributed by atoms with Gasteiger partial charge in [0, 0.05) is 18.7 Å². The van der Waals surface area contributed by atoms with Crippen molar-refractivity contribution in [1.29, 1.82) is 0 Å². The Morgan fingerprint density at radius 1 is 1.30 bits per heavy atom. The maximum Gasteiger partial charge on any atom is 0.408 e. The molecule has 1 saturated heterocycles. The number of amides is 2. The SMILES string of the molecule is CC(C)(C)OC(=O)NC1(C2CN(/C=C/c3ccccc3)C(=O)C2F)CCC1. The Bertz CT molecular complexity index is 723. The van der Waals surface area contributed by atoms with Gasteiger partial charge < -0.3 is 15.0 Å². The summed E-state index contributed by atoms with van der Waals surface area (Å²) < 4.78 is 20.2. The van der Waals surface area contributed by atoms with Gasteiger partial charge in [-0.25, -0.2) is 9.18 Å². The summed E-state index contributed by atoms with van der Waals surface area (Å²) in [7, 11) is 0. The fourth-order valence-corrected chi connectivity index (χ4v) is 3.71. The third-order valence-electron chi connectivity index (χ3n) is 5.22. The standard InChI is InChI=1S/C21H27FN2O3/c1-20(2,3)27-19(26)23-21(11-7-12-21)16-14-24(18(25)17(16)22)13-10-15-8-5-4-6-9-15/h4-6,8-10,13,16-17H,7,11-12,14H2,1-3H3,(H,23,26)/b13-10+. The summed E-state index contributed by atoms with van der Waals surface area (Å²) in [4.78, 5) is 26.0. The summed E-state index contributed by atoms with van der Waals surface area (Å²) >= 11 is 0. The molecule has 1 aromatic carbocycles. The lowest BCUT2D eigenvalue weighted by atomic mass is 9.67. The summed E-state index contributed by atoms with van der Waals surface area (Å²) in [5, 5.41) is 2.87. The number of alkyl carbamates (subject to hydrolysis) is 1. The van der Waals surface area contributed by atoms with Gasteiger partial charge in [-0.15, -0.1) is 0 Å².